The lowest BCUT2D eigenvalue weighted by Crippen LogP contribution is -2.13. The second kappa shape index (κ2) is 6.02. The van der Waals surface area contributed by atoms with E-state index in [2.05, 4.69) is 20.3 Å². The van der Waals surface area contributed by atoms with Gasteiger partial charge in [-0.2, -0.15) is 0 Å². The molecule has 0 fully saturated rings. The smallest absolute Gasteiger partial charge is 0.260 e. The van der Waals surface area contributed by atoms with Gasteiger partial charge in [0.15, 0.2) is 5.65 Å². The number of ether oxygens (including phenoxy) is 1. The Morgan fingerprint density at radius 2 is 1.97 bits per heavy atom. The number of aryl methyl sites for hydroxylation is 2. The number of rotatable bonds is 2. The molecule has 0 saturated carbocycles. The number of nitrogen functional groups attached to an aromatic ring is 1. The molecule has 8 nitrogen and oxygen atoms in total. The second-order valence-electron chi connectivity index (χ2n) is 6.96. The van der Waals surface area contributed by atoms with E-state index in [4.69, 9.17) is 10.5 Å². The zero-order valence-electron chi connectivity index (χ0n) is 16.3. The molecule has 146 valence electrons. The maximum absolute atomic E-state index is 13.1. The fourth-order valence-corrected chi connectivity index (χ4v) is 4.66. The van der Waals surface area contributed by atoms with Crippen LogP contribution in [0.15, 0.2) is 17.6 Å². The molecule has 1 amide bonds. The first-order valence-electron chi connectivity index (χ1n) is 9.00. The average molecular weight is 406 g/mol. The minimum atomic E-state index is -0.291. The van der Waals surface area contributed by atoms with Crippen LogP contribution < -0.4 is 15.8 Å². The van der Waals surface area contributed by atoms with Crippen molar-refractivity contribution in [1.82, 2.24) is 19.5 Å². The molecule has 0 bridgehead atoms. The third kappa shape index (κ3) is 2.31. The Morgan fingerprint density at radius 3 is 2.72 bits per heavy atom. The molecule has 0 saturated heterocycles. The highest BCUT2D eigenvalue weighted by atomic mass is 32.1. The van der Waals surface area contributed by atoms with Gasteiger partial charge in [0.05, 0.1) is 29.3 Å². The quantitative estimate of drug-likeness (QED) is 0.526. The molecule has 4 aromatic rings. The lowest BCUT2D eigenvalue weighted by Gasteiger charge is -2.17. The topological polar surface area (TPSA) is 108 Å². The lowest BCUT2D eigenvalue weighted by atomic mass is 10.1. The van der Waals surface area contributed by atoms with Gasteiger partial charge in [-0.3, -0.25) is 9.36 Å². The minimum Gasteiger partial charge on any atom is -0.496 e. The van der Waals surface area contributed by atoms with Crippen molar-refractivity contribution < 1.29 is 9.53 Å². The second-order valence-corrected chi connectivity index (χ2v) is 7.81. The van der Waals surface area contributed by atoms with E-state index in [0.29, 0.717) is 44.6 Å². The molecule has 1 aliphatic heterocycles. The Bertz CT molecular complexity index is 1340. The third-order valence-electron chi connectivity index (χ3n) is 5.23. The number of nitrogens with two attached hydrogens (primary N) is 1. The summed E-state index contributed by atoms with van der Waals surface area (Å²) in [6.45, 7) is 5.78. The highest BCUT2D eigenvalue weighted by Crippen LogP contribution is 2.43. The van der Waals surface area contributed by atoms with E-state index in [1.54, 1.807) is 12.6 Å². The summed E-state index contributed by atoms with van der Waals surface area (Å²) in [5, 5.41) is 4.18. The number of methoxy groups -OCH3 is 1. The minimum absolute atomic E-state index is 0.291. The maximum Gasteiger partial charge on any atom is 0.260 e. The van der Waals surface area contributed by atoms with Gasteiger partial charge in [-0.05, 0) is 32.4 Å². The summed E-state index contributed by atoms with van der Waals surface area (Å²) in [5.41, 5.74) is 13.2. The highest BCUT2D eigenvalue weighted by molar-refractivity contribution is 7.14. The number of fused-ring (bicyclic) bond motifs is 2. The molecule has 4 heterocycles. The summed E-state index contributed by atoms with van der Waals surface area (Å²) in [6.07, 6.45) is 0. The summed E-state index contributed by atoms with van der Waals surface area (Å²) >= 11 is 1.36. The SMILES string of the molecule is COc1ccc(C)c(-n2c(N)c3c4c(nc(C)nc42)-c2ncsc2NC3=O)c1C. The summed E-state index contributed by atoms with van der Waals surface area (Å²) in [7, 11) is 1.63. The molecule has 29 heavy (non-hydrogen) atoms. The average Bonchev–Trinajstić information content (AvgIpc) is 3.21. The van der Waals surface area contributed by atoms with Crippen molar-refractivity contribution in [2.45, 2.75) is 20.8 Å². The number of thiazole rings is 1. The largest absolute Gasteiger partial charge is 0.496 e. The van der Waals surface area contributed by atoms with Crippen LogP contribution in [0.4, 0.5) is 10.8 Å². The molecular formula is C20H18N6O2S. The van der Waals surface area contributed by atoms with Gasteiger partial charge < -0.3 is 15.8 Å². The van der Waals surface area contributed by atoms with Crippen LogP contribution in [0, 0.1) is 20.8 Å². The van der Waals surface area contributed by atoms with Crippen molar-refractivity contribution in [3.8, 4) is 22.8 Å². The molecule has 1 aromatic carbocycles. The van der Waals surface area contributed by atoms with Gasteiger partial charge in [0, 0.05) is 5.56 Å². The Morgan fingerprint density at radius 1 is 1.17 bits per heavy atom. The van der Waals surface area contributed by atoms with Crippen molar-refractivity contribution in [3.05, 3.63) is 40.2 Å². The van der Waals surface area contributed by atoms with Crippen LogP contribution in [0.1, 0.15) is 27.3 Å². The molecule has 0 aliphatic carbocycles. The van der Waals surface area contributed by atoms with Gasteiger partial charge >= 0.3 is 0 Å². The Labute approximate surface area is 170 Å². The van der Waals surface area contributed by atoms with Crippen molar-refractivity contribution >= 4 is 39.1 Å². The molecule has 0 atom stereocenters. The van der Waals surface area contributed by atoms with E-state index in [-0.39, 0.29) is 5.91 Å². The first-order chi connectivity index (χ1) is 13.9. The van der Waals surface area contributed by atoms with E-state index >= 15 is 0 Å². The molecule has 0 unspecified atom stereocenters. The van der Waals surface area contributed by atoms with Gasteiger partial charge in [0.1, 0.15) is 33.8 Å². The van der Waals surface area contributed by atoms with Gasteiger partial charge in [-0.25, -0.2) is 15.0 Å². The fourth-order valence-electron chi connectivity index (χ4n) is 3.98. The molecule has 0 spiro atoms. The van der Waals surface area contributed by atoms with Crippen LogP contribution >= 0.6 is 11.3 Å². The van der Waals surface area contributed by atoms with Gasteiger partial charge in [0.25, 0.3) is 5.91 Å². The standard InChI is InChI=1S/C20H18N6O2S/c1-8-5-6-11(28-4)9(2)16(8)26-17(21)13-12-14(23-10(3)24-18(12)26)15-20(25-19(13)27)29-7-22-15/h5-7H,21H2,1-4H3,(H,25,27). The molecule has 9 heteroatoms. The fraction of sp³-hybridized carbons (Fsp3) is 0.200. The number of benzene rings is 1. The molecule has 5 rings (SSSR count). The van der Waals surface area contributed by atoms with Crippen molar-refractivity contribution in [3.63, 3.8) is 0 Å². The van der Waals surface area contributed by atoms with E-state index in [9.17, 15) is 4.79 Å². The van der Waals surface area contributed by atoms with Crippen LogP contribution in [0.3, 0.4) is 0 Å². The van der Waals surface area contributed by atoms with Crippen LogP contribution in [-0.2, 0) is 0 Å². The van der Waals surface area contributed by atoms with Crippen molar-refractivity contribution in [2.24, 2.45) is 0 Å². The number of carbonyl (C=O) groups is 1. The number of hydrogen-bond acceptors (Lipinski definition) is 7. The van der Waals surface area contributed by atoms with Crippen molar-refractivity contribution in [1.29, 1.82) is 0 Å². The van der Waals surface area contributed by atoms with Crippen molar-refractivity contribution in [2.75, 3.05) is 18.2 Å². The number of amides is 1. The van der Waals surface area contributed by atoms with E-state index < -0.39 is 0 Å². The molecular weight excluding hydrogens is 388 g/mol. The molecule has 3 N–H and O–H groups in total. The van der Waals surface area contributed by atoms with Gasteiger partial charge in [-0.1, -0.05) is 6.07 Å². The third-order valence-corrected chi connectivity index (χ3v) is 5.97. The van der Waals surface area contributed by atoms with E-state index in [1.807, 2.05) is 37.5 Å². The summed E-state index contributed by atoms with van der Waals surface area (Å²) in [6, 6.07) is 3.88. The number of nitrogens with one attached hydrogen (secondary N) is 1. The first kappa shape index (κ1) is 17.6. The number of carbonyl (C=O) groups excluding carboxylic acids is 1. The predicted molar refractivity (Wildman–Crippen MR) is 113 cm³/mol. The first-order valence-corrected chi connectivity index (χ1v) is 9.88. The molecule has 1 aliphatic rings. The van der Waals surface area contributed by atoms with E-state index in [1.165, 1.54) is 11.3 Å². The summed E-state index contributed by atoms with van der Waals surface area (Å²) in [4.78, 5) is 26.8. The number of aromatic nitrogens is 4. The zero-order valence-corrected chi connectivity index (χ0v) is 17.1. The van der Waals surface area contributed by atoms with Crippen LogP contribution in [-0.4, -0.2) is 32.5 Å². The van der Waals surface area contributed by atoms with Crippen LogP contribution in [0.5, 0.6) is 5.75 Å². The molecule has 0 radical (unpaired) electrons. The van der Waals surface area contributed by atoms with Gasteiger partial charge in [0.2, 0.25) is 0 Å². The van der Waals surface area contributed by atoms with Crippen LogP contribution in [0.2, 0.25) is 0 Å². The van der Waals surface area contributed by atoms with Gasteiger partial charge in [-0.15, -0.1) is 11.3 Å². The Hall–Kier alpha value is -3.46. The lowest BCUT2D eigenvalue weighted by molar-refractivity contribution is 0.102. The Balaban J connectivity index is 1.98. The highest BCUT2D eigenvalue weighted by Gasteiger charge is 2.32. The summed E-state index contributed by atoms with van der Waals surface area (Å²) in [5.74, 6) is 1.33. The predicted octanol–water partition coefficient (Wildman–Crippen LogP) is 3.63. The normalized spacial score (nSPS) is 12.6. The number of anilines is 2. The Kier molecular flexibility index (Phi) is 3.66. The van der Waals surface area contributed by atoms with Crippen LogP contribution in [0.25, 0.3) is 28.1 Å². The zero-order chi connectivity index (χ0) is 20.4. The summed E-state index contributed by atoms with van der Waals surface area (Å²) < 4.78 is 7.34. The number of nitrogens with zero attached hydrogens (tertiary/aromatic N) is 4. The molecule has 3 aromatic heterocycles. The maximum atomic E-state index is 13.1. The number of hydrogen-bond donors (Lipinski definition) is 2. The monoisotopic (exact) mass is 406 g/mol. The van der Waals surface area contributed by atoms with E-state index in [0.717, 1.165) is 22.6 Å².